The predicted molar refractivity (Wildman–Crippen MR) is 130 cm³/mol. The second-order valence-corrected chi connectivity index (χ2v) is 11.0. The Kier molecular flexibility index (Phi) is 7.53. The Bertz CT molecular complexity index is 868. The maximum atomic E-state index is 13.4. The zero-order valence-electron chi connectivity index (χ0n) is 21.0. The van der Waals surface area contributed by atoms with Gasteiger partial charge < -0.3 is 24.0 Å². The van der Waals surface area contributed by atoms with Gasteiger partial charge in [0.25, 0.3) is 5.91 Å². The molecule has 0 unspecified atom stereocenters. The number of hydrogen-bond donors (Lipinski definition) is 0. The zero-order valence-corrected chi connectivity index (χ0v) is 21.0. The van der Waals surface area contributed by atoms with E-state index in [2.05, 4.69) is 4.57 Å². The average Bonchev–Trinajstić information content (AvgIpc) is 3.33. The first-order valence-corrected chi connectivity index (χ1v) is 13.0. The lowest BCUT2D eigenvalue weighted by Gasteiger charge is -2.36. The van der Waals surface area contributed by atoms with Gasteiger partial charge in [0.2, 0.25) is 5.91 Å². The van der Waals surface area contributed by atoms with Crippen LogP contribution in [0.2, 0.25) is 0 Å². The van der Waals surface area contributed by atoms with Crippen molar-refractivity contribution < 1.29 is 19.1 Å². The molecule has 34 heavy (non-hydrogen) atoms. The Morgan fingerprint density at radius 3 is 2.06 bits per heavy atom. The number of likely N-dealkylation sites (tertiary alicyclic amines) is 3. The van der Waals surface area contributed by atoms with Crippen LogP contribution in [0.3, 0.4) is 0 Å². The average molecular weight is 473 g/mol. The van der Waals surface area contributed by atoms with Gasteiger partial charge in [-0.2, -0.15) is 0 Å². The minimum Gasteiger partial charge on any atom is -0.444 e. The Morgan fingerprint density at radius 2 is 1.44 bits per heavy atom. The van der Waals surface area contributed by atoms with Crippen LogP contribution in [0.1, 0.15) is 82.2 Å². The van der Waals surface area contributed by atoms with Gasteiger partial charge in [-0.05, 0) is 77.8 Å². The smallest absolute Gasteiger partial charge is 0.410 e. The summed E-state index contributed by atoms with van der Waals surface area (Å²) in [6.45, 7) is 9.91. The molecule has 188 valence electrons. The third kappa shape index (κ3) is 5.76. The number of ether oxygens (including phenoxy) is 1. The van der Waals surface area contributed by atoms with Crippen LogP contribution in [0.25, 0.3) is 0 Å². The van der Waals surface area contributed by atoms with Crippen molar-refractivity contribution in [3.8, 4) is 0 Å². The van der Waals surface area contributed by atoms with E-state index in [-0.39, 0.29) is 29.9 Å². The molecular weight excluding hydrogens is 432 g/mol. The summed E-state index contributed by atoms with van der Waals surface area (Å²) >= 11 is 0. The van der Waals surface area contributed by atoms with Crippen molar-refractivity contribution in [2.45, 2.75) is 77.4 Å². The zero-order chi connectivity index (χ0) is 24.3. The molecule has 8 heteroatoms. The number of aromatic nitrogens is 1. The summed E-state index contributed by atoms with van der Waals surface area (Å²) in [6, 6.07) is 4.01. The Labute approximate surface area is 203 Å². The van der Waals surface area contributed by atoms with Gasteiger partial charge in [0.05, 0.1) is 0 Å². The third-order valence-corrected chi connectivity index (χ3v) is 7.31. The summed E-state index contributed by atoms with van der Waals surface area (Å²) in [5.74, 6) is 0.376. The van der Waals surface area contributed by atoms with E-state index >= 15 is 0 Å². The molecule has 0 atom stereocenters. The Hall–Kier alpha value is -2.51. The van der Waals surface area contributed by atoms with Crippen molar-refractivity contribution in [3.05, 3.63) is 24.0 Å². The van der Waals surface area contributed by atoms with E-state index in [1.54, 1.807) is 4.90 Å². The van der Waals surface area contributed by atoms with Gasteiger partial charge in [0.15, 0.2) is 0 Å². The first-order chi connectivity index (χ1) is 16.2. The highest BCUT2D eigenvalue weighted by Gasteiger charge is 2.33. The summed E-state index contributed by atoms with van der Waals surface area (Å²) in [6.07, 6.45) is 8.22. The molecule has 3 saturated heterocycles. The molecule has 0 aliphatic carbocycles. The first kappa shape index (κ1) is 24.6. The molecule has 3 aliphatic rings. The van der Waals surface area contributed by atoms with Crippen LogP contribution < -0.4 is 0 Å². The minimum atomic E-state index is -0.500. The van der Waals surface area contributed by atoms with Crippen LogP contribution in [0.4, 0.5) is 4.79 Å². The molecule has 0 spiro atoms. The van der Waals surface area contributed by atoms with E-state index in [1.807, 2.05) is 48.9 Å². The third-order valence-electron chi connectivity index (χ3n) is 7.31. The number of piperidine rings is 3. The largest absolute Gasteiger partial charge is 0.444 e. The summed E-state index contributed by atoms with van der Waals surface area (Å²) in [5, 5.41) is 0. The van der Waals surface area contributed by atoms with Crippen molar-refractivity contribution in [2.24, 2.45) is 5.92 Å². The summed E-state index contributed by atoms with van der Waals surface area (Å²) in [4.78, 5) is 44.3. The van der Waals surface area contributed by atoms with Crippen molar-refractivity contribution >= 4 is 17.9 Å². The molecule has 3 aliphatic heterocycles. The molecular formula is C26H40N4O4. The standard InChI is InChI=1S/C26H40N4O4/c1-26(2,3)34-25(33)29-18-11-21(12-19-29)30-15-7-8-22(30)24(32)28-16-9-20(10-17-28)23(31)27-13-5-4-6-14-27/h7-8,15,20-21H,4-6,9-14,16-19H2,1-3H3. The minimum absolute atomic E-state index is 0.0449. The molecule has 3 fully saturated rings. The van der Waals surface area contributed by atoms with Gasteiger partial charge in [0, 0.05) is 57.4 Å². The Morgan fingerprint density at radius 1 is 0.824 bits per heavy atom. The lowest BCUT2D eigenvalue weighted by molar-refractivity contribution is -0.137. The number of carbonyl (C=O) groups excluding carboxylic acids is 3. The van der Waals surface area contributed by atoms with Crippen molar-refractivity contribution in [1.29, 1.82) is 0 Å². The van der Waals surface area contributed by atoms with Crippen LogP contribution in [-0.2, 0) is 9.53 Å². The number of amides is 3. The lowest BCUT2D eigenvalue weighted by atomic mass is 9.94. The van der Waals surface area contributed by atoms with Crippen LogP contribution in [0.5, 0.6) is 0 Å². The van der Waals surface area contributed by atoms with Gasteiger partial charge >= 0.3 is 6.09 Å². The molecule has 0 saturated carbocycles. The second-order valence-electron chi connectivity index (χ2n) is 11.0. The molecule has 4 rings (SSSR count). The maximum Gasteiger partial charge on any atom is 0.410 e. The van der Waals surface area contributed by atoms with E-state index in [1.165, 1.54) is 6.42 Å². The second kappa shape index (κ2) is 10.4. The highest BCUT2D eigenvalue weighted by atomic mass is 16.6. The molecule has 8 nitrogen and oxygen atoms in total. The highest BCUT2D eigenvalue weighted by Crippen LogP contribution is 2.28. The number of rotatable bonds is 3. The van der Waals surface area contributed by atoms with Crippen molar-refractivity contribution in [2.75, 3.05) is 39.3 Å². The van der Waals surface area contributed by atoms with Crippen LogP contribution in [0.15, 0.2) is 18.3 Å². The van der Waals surface area contributed by atoms with E-state index < -0.39 is 5.60 Å². The van der Waals surface area contributed by atoms with Crippen molar-refractivity contribution in [1.82, 2.24) is 19.3 Å². The van der Waals surface area contributed by atoms with E-state index in [4.69, 9.17) is 4.74 Å². The number of carbonyl (C=O) groups is 3. The van der Waals surface area contributed by atoms with Gasteiger partial charge in [-0.25, -0.2) is 4.79 Å². The molecule has 4 heterocycles. The van der Waals surface area contributed by atoms with Crippen molar-refractivity contribution in [3.63, 3.8) is 0 Å². The monoisotopic (exact) mass is 472 g/mol. The Balaban J connectivity index is 1.30. The fourth-order valence-electron chi connectivity index (χ4n) is 5.41. The fraction of sp³-hybridized carbons (Fsp3) is 0.731. The number of hydrogen-bond acceptors (Lipinski definition) is 4. The van der Waals surface area contributed by atoms with Crippen LogP contribution in [0, 0.1) is 5.92 Å². The summed E-state index contributed by atoms with van der Waals surface area (Å²) < 4.78 is 7.58. The highest BCUT2D eigenvalue weighted by molar-refractivity contribution is 5.93. The van der Waals surface area contributed by atoms with E-state index in [0.717, 1.165) is 51.6 Å². The van der Waals surface area contributed by atoms with E-state index in [9.17, 15) is 14.4 Å². The fourth-order valence-corrected chi connectivity index (χ4v) is 5.41. The summed E-state index contributed by atoms with van der Waals surface area (Å²) in [5.41, 5.74) is 0.205. The predicted octanol–water partition coefficient (Wildman–Crippen LogP) is 3.92. The molecule has 0 bridgehead atoms. The molecule has 0 aromatic carbocycles. The van der Waals surface area contributed by atoms with Gasteiger partial charge in [0.1, 0.15) is 11.3 Å². The van der Waals surface area contributed by atoms with Gasteiger partial charge in [-0.1, -0.05) is 0 Å². The van der Waals surface area contributed by atoms with Gasteiger partial charge in [-0.15, -0.1) is 0 Å². The van der Waals surface area contributed by atoms with E-state index in [0.29, 0.717) is 31.9 Å². The summed E-state index contributed by atoms with van der Waals surface area (Å²) in [7, 11) is 0. The maximum absolute atomic E-state index is 13.4. The molecule has 1 aromatic rings. The molecule has 0 N–H and O–H groups in total. The lowest BCUT2D eigenvalue weighted by Crippen LogP contribution is -2.46. The quantitative estimate of drug-likeness (QED) is 0.668. The molecule has 1 aromatic heterocycles. The normalized spacial score (nSPS) is 21.0. The SMILES string of the molecule is CC(C)(C)OC(=O)N1CCC(n2cccc2C(=O)N2CCC(C(=O)N3CCCCC3)CC2)CC1. The van der Waals surface area contributed by atoms with Gasteiger partial charge in [-0.3, -0.25) is 9.59 Å². The number of nitrogens with zero attached hydrogens (tertiary/aromatic N) is 4. The first-order valence-electron chi connectivity index (χ1n) is 13.0. The van der Waals surface area contributed by atoms with Crippen LogP contribution in [-0.4, -0.2) is 82.0 Å². The van der Waals surface area contributed by atoms with Crippen LogP contribution >= 0.6 is 0 Å². The molecule has 3 amide bonds. The topological polar surface area (TPSA) is 75.1 Å². The molecule has 0 radical (unpaired) electrons.